The number of likely N-dealkylation sites (N-methyl/N-ethyl adjacent to an activating group) is 1. The number of hydrogen-bond donors (Lipinski definition) is 2. The molecule has 2 N–H and O–H groups in total. The van der Waals surface area contributed by atoms with Crippen LogP contribution in [0.15, 0.2) is 17.0 Å². The molecule has 0 aliphatic heterocycles. The van der Waals surface area contributed by atoms with Crippen LogP contribution in [-0.4, -0.2) is 28.6 Å². The fourth-order valence-corrected chi connectivity index (χ4v) is 2.20. The van der Waals surface area contributed by atoms with E-state index >= 15 is 0 Å². The molecule has 0 amide bonds. The van der Waals surface area contributed by atoms with Gasteiger partial charge in [0, 0.05) is 19.2 Å². The molecule has 17 heavy (non-hydrogen) atoms. The van der Waals surface area contributed by atoms with Gasteiger partial charge in [-0.1, -0.05) is 0 Å². The molecule has 0 bridgehead atoms. The van der Waals surface area contributed by atoms with E-state index < -0.39 is 32.4 Å². The molecule has 0 saturated carbocycles. The molecule has 8 heteroatoms. The van der Waals surface area contributed by atoms with E-state index in [9.17, 15) is 21.6 Å². The zero-order valence-electron chi connectivity index (χ0n) is 8.93. The SMILES string of the molecule is CNCCNS(=O)(=O)c1cc(F)c(F)cc1F. The average molecular weight is 268 g/mol. The van der Waals surface area contributed by atoms with Gasteiger partial charge in [-0.2, -0.15) is 0 Å². The zero-order chi connectivity index (χ0) is 13.1. The lowest BCUT2D eigenvalue weighted by molar-refractivity contribution is 0.481. The highest BCUT2D eigenvalue weighted by atomic mass is 32.2. The van der Waals surface area contributed by atoms with E-state index in [0.717, 1.165) is 0 Å². The Balaban J connectivity index is 3.03. The molecule has 0 aliphatic carbocycles. The number of nitrogens with one attached hydrogen (secondary N) is 2. The molecule has 0 unspecified atom stereocenters. The predicted octanol–water partition coefficient (Wildman–Crippen LogP) is 0.602. The highest BCUT2D eigenvalue weighted by Gasteiger charge is 2.21. The molecule has 0 spiro atoms. The predicted molar refractivity (Wildman–Crippen MR) is 55.4 cm³/mol. The van der Waals surface area contributed by atoms with Crippen molar-refractivity contribution in [2.24, 2.45) is 0 Å². The summed E-state index contributed by atoms with van der Waals surface area (Å²) in [6.45, 7) is 0.335. The van der Waals surface area contributed by atoms with Crippen molar-refractivity contribution >= 4 is 10.0 Å². The van der Waals surface area contributed by atoms with Crippen molar-refractivity contribution in [2.45, 2.75) is 4.90 Å². The molecule has 4 nitrogen and oxygen atoms in total. The van der Waals surface area contributed by atoms with Crippen molar-refractivity contribution in [3.63, 3.8) is 0 Å². The van der Waals surface area contributed by atoms with Crippen molar-refractivity contribution in [3.8, 4) is 0 Å². The summed E-state index contributed by atoms with van der Waals surface area (Å²) in [5.41, 5.74) is 0. The summed E-state index contributed by atoms with van der Waals surface area (Å²) < 4.78 is 63.7. The Morgan fingerprint density at radius 3 is 2.24 bits per heavy atom. The van der Waals surface area contributed by atoms with E-state index in [1.165, 1.54) is 0 Å². The quantitative estimate of drug-likeness (QED) is 0.607. The fraction of sp³-hybridized carbons (Fsp3) is 0.333. The summed E-state index contributed by atoms with van der Waals surface area (Å²) in [6.07, 6.45) is 0. The van der Waals surface area contributed by atoms with E-state index in [2.05, 4.69) is 5.32 Å². The molecule has 0 saturated heterocycles. The molecule has 1 aromatic carbocycles. The summed E-state index contributed by atoms with van der Waals surface area (Å²) in [5, 5.41) is 2.67. The average Bonchev–Trinajstić information content (AvgIpc) is 2.23. The van der Waals surface area contributed by atoms with Crippen molar-refractivity contribution in [2.75, 3.05) is 20.1 Å². The molecular weight excluding hydrogens is 257 g/mol. The molecule has 0 heterocycles. The maximum Gasteiger partial charge on any atom is 0.243 e. The third-order valence-corrected chi connectivity index (χ3v) is 3.41. The minimum atomic E-state index is -4.17. The second-order valence-corrected chi connectivity index (χ2v) is 4.93. The van der Waals surface area contributed by atoms with Crippen molar-refractivity contribution in [1.29, 1.82) is 0 Å². The highest BCUT2D eigenvalue weighted by molar-refractivity contribution is 7.89. The lowest BCUT2D eigenvalue weighted by Gasteiger charge is -2.07. The first-order valence-electron chi connectivity index (χ1n) is 4.67. The monoisotopic (exact) mass is 268 g/mol. The largest absolute Gasteiger partial charge is 0.318 e. The fourth-order valence-electron chi connectivity index (χ4n) is 1.10. The standard InChI is InChI=1S/C9H11F3N2O2S/c1-13-2-3-14-17(15,16)9-5-7(11)6(10)4-8(9)12/h4-5,13-14H,2-3H2,1H3. The van der Waals surface area contributed by atoms with Gasteiger partial charge in [-0.05, 0) is 13.1 Å². The van der Waals surface area contributed by atoms with Gasteiger partial charge in [-0.25, -0.2) is 26.3 Å². The van der Waals surface area contributed by atoms with Crippen LogP contribution in [0.3, 0.4) is 0 Å². The van der Waals surface area contributed by atoms with Crippen molar-refractivity contribution in [3.05, 3.63) is 29.6 Å². The van der Waals surface area contributed by atoms with Crippen LogP contribution in [0.5, 0.6) is 0 Å². The van der Waals surface area contributed by atoms with Gasteiger partial charge in [-0.3, -0.25) is 0 Å². The van der Waals surface area contributed by atoms with E-state index in [4.69, 9.17) is 0 Å². The van der Waals surface area contributed by atoms with Crippen LogP contribution in [0.2, 0.25) is 0 Å². The summed E-state index contributed by atoms with van der Waals surface area (Å²) in [5.74, 6) is -4.18. The second kappa shape index (κ2) is 5.48. The van der Waals surface area contributed by atoms with Crippen LogP contribution in [-0.2, 0) is 10.0 Å². The first kappa shape index (κ1) is 13.9. The van der Waals surface area contributed by atoms with E-state index in [0.29, 0.717) is 12.6 Å². The van der Waals surface area contributed by atoms with E-state index in [1.807, 2.05) is 4.72 Å². The maximum absolute atomic E-state index is 13.2. The molecule has 96 valence electrons. The van der Waals surface area contributed by atoms with Gasteiger partial charge < -0.3 is 5.32 Å². The molecule has 1 rings (SSSR count). The van der Waals surface area contributed by atoms with Gasteiger partial charge in [0.1, 0.15) is 10.7 Å². The third-order valence-electron chi connectivity index (χ3n) is 1.93. The Hall–Kier alpha value is -1.12. The first-order chi connectivity index (χ1) is 7.88. The van der Waals surface area contributed by atoms with Crippen LogP contribution in [0.4, 0.5) is 13.2 Å². The molecule has 0 fully saturated rings. The van der Waals surface area contributed by atoms with Gasteiger partial charge in [0.2, 0.25) is 10.0 Å². The number of benzene rings is 1. The summed E-state index contributed by atoms with van der Waals surface area (Å²) in [6, 6.07) is 0.508. The van der Waals surface area contributed by atoms with Gasteiger partial charge >= 0.3 is 0 Å². The number of sulfonamides is 1. The number of halogens is 3. The number of rotatable bonds is 5. The summed E-state index contributed by atoms with van der Waals surface area (Å²) in [4.78, 5) is -0.910. The smallest absolute Gasteiger partial charge is 0.243 e. The van der Waals surface area contributed by atoms with Crippen molar-refractivity contribution < 1.29 is 21.6 Å². The molecular formula is C9H11F3N2O2S. The minimum Gasteiger partial charge on any atom is -0.318 e. The van der Waals surface area contributed by atoms with Crippen LogP contribution in [0.25, 0.3) is 0 Å². The zero-order valence-corrected chi connectivity index (χ0v) is 9.74. The molecule has 0 radical (unpaired) electrons. The van der Waals surface area contributed by atoms with Crippen LogP contribution >= 0.6 is 0 Å². The Labute approximate surface area is 96.9 Å². The van der Waals surface area contributed by atoms with E-state index in [-0.39, 0.29) is 12.6 Å². The Morgan fingerprint density at radius 1 is 1.06 bits per heavy atom. The highest BCUT2D eigenvalue weighted by Crippen LogP contribution is 2.18. The maximum atomic E-state index is 13.2. The topological polar surface area (TPSA) is 58.2 Å². The molecule has 0 atom stereocenters. The Bertz CT molecular complexity index is 505. The third kappa shape index (κ3) is 3.42. The lowest BCUT2D eigenvalue weighted by Crippen LogP contribution is -2.31. The van der Waals surface area contributed by atoms with E-state index in [1.54, 1.807) is 7.05 Å². The minimum absolute atomic E-state index is 0.0112. The number of hydrogen-bond acceptors (Lipinski definition) is 3. The Kier molecular flexibility index (Phi) is 4.49. The first-order valence-corrected chi connectivity index (χ1v) is 6.15. The van der Waals surface area contributed by atoms with Crippen LogP contribution < -0.4 is 10.0 Å². The van der Waals surface area contributed by atoms with Gasteiger partial charge in [0.05, 0.1) is 0 Å². The van der Waals surface area contributed by atoms with Gasteiger partial charge in [0.25, 0.3) is 0 Å². The van der Waals surface area contributed by atoms with Gasteiger partial charge in [0.15, 0.2) is 11.6 Å². The summed E-state index contributed by atoms with van der Waals surface area (Å²) in [7, 11) is -2.57. The second-order valence-electron chi connectivity index (χ2n) is 3.20. The lowest BCUT2D eigenvalue weighted by atomic mass is 10.3. The Morgan fingerprint density at radius 2 is 1.65 bits per heavy atom. The molecule has 1 aromatic rings. The normalized spacial score (nSPS) is 11.8. The molecule has 0 aliphatic rings. The van der Waals surface area contributed by atoms with Crippen LogP contribution in [0.1, 0.15) is 0 Å². The van der Waals surface area contributed by atoms with Gasteiger partial charge in [-0.15, -0.1) is 0 Å². The summed E-state index contributed by atoms with van der Waals surface area (Å²) >= 11 is 0. The molecule has 0 aromatic heterocycles. The van der Waals surface area contributed by atoms with Crippen molar-refractivity contribution in [1.82, 2.24) is 10.0 Å². The van der Waals surface area contributed by atoms with Crippen LogP contribution in [0, 0.1) is 17.5 Å².